The third-order valence-electron chi connectivity index (χ3n) is 10.2. The van der Waals surface area contributed by atoms with E-state index in [0.717, 1.165) is 12.8 Å². The van der Waals surface area contributed by atoms with Gasteiger partial charge in [0, 0.05) is 40.3 Å². The number of carbonyl (C=O) groups is 2. The summed E-state index contributed by atoms with van der Waals surface area (Å²) < 4.78 is 21.3. The molecular formula is C30H31Cl2FN6O3. The fourth-order valence-corrected chi connectivity index (χ4v) is 8.25. The van der Waals surface area contributed by atoms with Crippen LogP contribution in [0.5, 0.6) is 0 Å². The van der Waals surface area contributed by atoms with Crippen molar-refractivity contribution in [2.24, 2.45) is 5.41 Å². The van der Waals surface area contributed by atoms with Crippen LogP contribution >= 0.6 is 23.2 Å². The maximum absolute atomic E-state index is 16.0. The summed E-state index contributed by atoms with van der Waals surface area (Å²) in [6.45, 7) is 4.43. The average Bonchev–Trinajstić information content (AvgIpc) is 3.62. The maximum atomic E-state index is 16.0. The number of fused-ring (bicyclic) bond motifs is 3. The number of nitrogens with one attached hydrogen (secondary N) is 3. The van der Waals surface area contributed by atoms with Gasteiger partial charge in [-0.1, -0.05) is 43.1 Å². The second-order valence-corrected chi connectivity index (χ2v) is 13.7. The van der Waals surface area contributed by atoms with Crippen LogP contribution in [0.1, 0.15) is 81.2 Å². The lowest BCUT2D eigenvalue weighted by molar-refractivity contribution is -0.125. The lowest BCUT2D eigenvalue weighted by Crippen LogP contribution is -2.61. The minimum atomic E-state index is -1.30. The van der Waals surface area contributed by atoms with Gasteiger partial charge in [-0.05, 0) is 73.3 Å². The van der Waals surface area contributed by atoms with Gasteiger partial charge in [0.15, 0.2) is 11.0 Å². The number of amides is 2. The van der Waals surface area contributed by atoms with E-state index in [0.29, 0.717) is 47.8 Å². The second kappa shape index (κ2) is 9.72. The van der Waals surface area contributed by atoms with Gasteiger partial charge in [0.1, 0.15) is 5.41 Å². The van der Waals surface area contributed by atoms with E-state index in [9.17, 15) is 9.59 Å². The second-order valence-electron chi connectivity index (χ2n) is 13.0. The number of pyridine rings is 1. The van der Waals surface area contributed by atoms with Crippen molar-refractivity contribution in [2.75, 3.05) is 5.32 Å². The molecule has 4 aliphatic rings. The van der Waals surface area contributed by atoms with Gasteiger partial charge in [0.25, 0.3) is 0 Å². The molecule has 2 aromatic heterocycles. The SMILES string of the molecule is CC1(C)CCC2(CC1)N[C@@H](C(=O)NC1CC(c3nnco3)C1)[C@H](c1ccnc(Cl)c1F)[C@]21C(=O)Nc2cc(Cl)ccc21. The van der Waals surface area contributed by atoms with Gasteiger partial charge in [-0.3, -0.25) is 14.9 Å². The standard InChI is InChI=1S/C30H31Cl2FN6O3/c1-28(2)6-8-29(9-7-28)30(19-4-3-16(31)13-20(19)37-27(30)41)21(18-5-10-34-24(32)22(18)33)23(38-29)25(40)36-17-11-15(12-17)26-39-35-14-42-26/h3-5,10,13-15,17,21,23,38H,6-9,11-12H2,1-2H3,(H,36,40)(H,37,41)/t15?,17?,21-,23+,30+/m0/s1. The van der Waals surface area contributed by atoms with Crippen molar-refractivity contribution < 1.29 is 18.4 Å². The fourth-order valence-electron chi connectivity index (χ4n) is 7.92. The molecule has 3 aromatic rings. The molecule has 3 N–H and O–H groups in total. The molecule has 2 spiro atoms. The number of halogens is 3. The zero-order valence-electron chi connectivity index (χ0n) is 23.2. The molecule has 12 heteroatoms. The van der Waals surface area contributed by atoms with Gasteiger partial charge in [-0.15, -0.1) is 10.2 Å². The first-order valence-corrected chi connectivity index (χ1v) is 15.1. The van der Waals surface area contributed by atoms with E-state index in [1.165, 1.54) is 18.7 Å². The molecule has 7 rings (SSSR count). The Labute approximate surface area is 252 Å². The summed E-state index contributed by atoms with van der Waals surface area (Å²) in [4.78, 5) is 32.7. The van der Waals surface area contributed by atoms with E-state index < -0.39 is 28.7 Å². The molecule has 2 aliphatic carbocycles. The molecule has 4 heterocycles. The topological polar surface area (TPSA) is 122 Å². The molecular weight excluding hydrogens is 582 g/mol. The van der Waals surface area contributed by atoms with E-state index in [4.69, 9.17) is 27.6 Å². The molecule has 220 valence electrons. The van der Waals surface area contributed by atoms with Crippen molar-refractivity contribution in [3.63, 3.8) is 0 Å². The van der Waals surface area contributed by atoms with Crippen LogP contribution in [0, 0.1) is 11.2 Å². The lowest BCUT2D eigenvalue weighted by atomic mass is 9.53. The number of hydrogen-bond acceptors (Lipinski definition) is 7. The number of anilines is 1. The van der Waals surface area contributed by atoms with Crippen LogP contribution in [-0.4, -0.2) is 44.6 Å². The predicted molar refractivity (Wildman–Crippen MR) is 154 cm³/mol. The quantitative estimate of drug-likeness (QED) is 0.344. The van der Waals surface area contributed by atoms with Crippen LogP contribution in [0.25, 0.3) is 0 Å². The maximum Gasteiger partial charge on any atom is 0.238 e. The summed E-state index contributed by atoms with van der Waals surface area (Å²) >= 11 is 12.6. The van der Waals surface area contributed by atoms with Crippen LogP contribution in [0.3, 0.4) is 0 Å². The molecule has 0 radical (unpaired) electrons. The number of rotatable bonds is 4. The third-order valence-corrected chi connectivity index (χ3v) is 10.7. The van der Waals surface area contributed by atoms with E-state index in [-0.39, 0.29) is 39.9 Å². The predicted octanol–water partition coefficient (Wildman–Crippen LogP) is 5.26. The zero-order chi connectivity index (χ0) is 29.4. The van der Waals surface area contributed by atoms with Crippen molar-refractivity contribution in [3.8, 4) is 0 Å². The summed E-state index contributed by atoms with van der Waals surface area (Å²) in [5.74, 6) is -1.60. The molecule has 0 unspecified atom stereocenters. The summed E-state index contributed by atoms with van der Waals surface area (Å²) in [7, 11) is 0. The molecule has 1 saturated heterocycles. The van der Waals surface area contributed by atoms with Gasteiger partial charge < -0.3 is 15.1 Å². The van der Waals surface area contributed by atoms with Crippen LogP contribution < -0.4 is 16.0 Å². The van der Waals surface area contributed by atoms with Crippen LogP contribution in [0.15, 0.2) is 41.3 Å². The smallest absolute Gasteiger partial charge is 0.238 e. The lowest BCUT2D eigenvalue weighted by Gasteiger charge is -2.50. The molecule has 42 heavy (non-hydrogen) atoms. The van der Waals surface area contributed by atoms with E-state index in [2.05, 4.69) is 45.0 Å². The minimum Gasteiger partial charge on any atom is -0.428 e. The molecule has 2 amide bonds. The number of nitrogens with zero attached hydrogens (tertiary/aromatic N) is 3. The molecule has 9 nitrogen and oxygen atoms in total. The average molecular weight is 614 g/mol. The van der Waals surface area contributed by atoms with Gasteiger partial charge in [-0.25, -0.2) is 9.37 Å². The summed E-state index contributed by atoms with van der Waals surface area (Å²) in [5.41, 5.74) is -0.610. The normalized spacial score (nSPS) is 30.6. The highest BCUT2D eigenvalue weighted by molar-refractivity contribution is 6.31. The molecule has 0 bridgehead atoms. The number of aromatic nitrogens is 3. The Hall–Kier alpha value is -3.08. The van der Waals surface area contributed by atoms with Gasteiger partial charge in [0.2, 0.25) is 24.1 Å². The third kappa shape index (κ3) is 4.02. The Morgan fingerprint density at radius 2 is 1.90 bits per heavy atom. The molecule has 3 atom stereocenters. The summed E-state index contributed by atoms with van der Waals surface area (Å²) in [6, 6.07) is 5.80. The van der Waals surface area contributed by atoms with Crippen molar-refractivity contribution in [1.82, 2.24) is 25.8 Å². The first kappa shape index (κ1) is 27.7. The van der Waals surface area contributed by atoms with Crippen molar-refractivity contribution in [2.45, 2.75) is 87.2 Å². The van der Waals surface area contributed by atoms with Crippen molar-refractivity contribution in [1.29, 1.82) is 0 Å². The highest BCUT2D eigenvalue weighted by Crippen LogP contribution is 2.64. The molecule has 2 saturated carbocycles. The van der Waals surface area contributed by atoms with Gasteiger partial charge in [-0.2, -0.15) is 0 Å². The van der Waals surface area contributed by atoms with Gasteiger partial charge >= 0.3 is 0 Å². The highest BCUT2D eigenvalue weighted by Gasteiger charge is 2.73. The monoisotopic (exact) mass is 612 g/mol. The van der Waals surface area contributed by atoms with E-state index in [1.54, 1.807) is 12.1 Å². The molecule has 3 fully saturated rings. The first-order chi connectivity index (χ1) is 20.0. The Bertz CT molecular complexity index is 1570. The zero-order valence-corrected chi connectivity index (χ0v) is 24.7. The van der Waals surface area contributed by atoms with Crippen molar-refractivity contribution >= 4 is 40.7 Å². The molecule has 1 aromatic carbocycles. The molecule has 2 aliphatic heterocycles. The number of carbonyl (C=O) groups excluding carboxylic acids is 2. The summed E-state index contributed by atoms with van der Waals surface area (Å²) in [5, 5.41) is 17.8. The Kier molecular flexibility index (Phi) is 6.42. The Balaban J connectivity index is 1.35. The largest absolute Gasteiger partial charge is 0.428 e. The summed E-state index contributed by atoms with van der Waals surface area (Å²) in [6.07, 6.45) is 6.91. The van der Waals surface area contributed by atoms with Crippen LogP contribution in [-0.2, 0) is 15.0 Å². The highest BCUT2D eigenvalue weighted by atomic mass is 35.5. The van der Waals surface area contributed by atoms with Crippen LogP contribution in [0.4, 0.5) is 10.1 Å². The Morgan fingerprint density at radius 3 is 2.62 bits per heavy atom. The van der Waals surface area contributed by atoms with E-state index >= 15 is 4.39 Å². The minimum absolute atomic E-state index is 0.0583. The van der Waals surface area contributed by atoms with E-state index in [1.807, 2.05) is 6.07 Å². The Morgan fingerprint density at radius 1 is 1.14 bits per heavy atom. The number of hydrogen-bond donors (Lipinski definition) is 3. The van der Waals surface area contributed by atoms with Crippen molar-refractivity contribution in [3.05, 3.63) is 69.9 Å². The first-order valence-electron chi connectivity index (χ1n) is 14.3. The number of benzene rings is 1. The van der Waals surface area contributed by atoms with Gasteiger partial charge in [0.05, 0.1) is 6.04 Å². The fraction of sp³-hybridized carbons (Fsp3) is 0.500. The van der Waals surface area contributed by atoms with Crippen LogP contribution in [0.2, 0.25) is 10.2 Å².